The van der Waals surface area contributed by atoms with Gasteiger partial charge in [0.2, 0.25) is 0 Å². The zero-order valence-corrected chi connectivity index (χ0v) is 14.5. The predicted molar refractivity (Wildman–Crippen MR) is 96.2 cm³/mol. The van der Waals surface area contributed by atoms with E-state index in [1.165, 1.54) is 11.3 Å². The largest absolute Gasteiger partial charge is 0.491 e. The van der Waals surface area contributed by atoms with Crippen LogP contribution < -0.4 is 10.3 Å². The zero-order chi connectivity index (χ0) is 17.1. The highest BCUT2D eigenvalue weighted by atomic mass is 32.1. The molecule has 24 heavy (non-hydrogen) atoms. The molecule has 0 saturated carbocycles. The van der Waals surface area contributed by atoms with Gasteiger partial charge in [0.1, 0.15) is 23.0 Å². The van der Waals surface area contributed by atoms with E-state index in [2.05, 4.69) is 23.8 Å². The Balaban J connectivity index is 1.84. The Morgan fingerprint density at radius 3 is 2.71 bits per heavy atom. The topological polar surface area (TPSA) is 75.2 Å². The van der Waals surface area contributed by atoms with E-state index in [9.17, 15) is 4.79 Å². The van der Waals surface area contributed by atoms with E-state index in [0.717, 1.165) is 16.0 Å². The van der Waals surface area contributed by atoms with Crippen LogP contribution in [-0.2, 0) is 6.42 Å². The van der Waals surface area contributed by atoms with Gasteiger partial charge in [0.25, 0.3) is 5.56 Å². The lowest BCUT2D eigenvalue weighted by molar-refractivity contribution is 0.201. The number of hydrogen-bond donors (Lipinski definition) is 2. The lowest BCUT2D eigenvalue weighted by Gasteiger charge is -2.06. The molecule has 0 unspecified atom stereocenters. The first-order chi connectivity index (χ1) is 11.6. The lowest BCUT2D eigenvalue weighted by atomic mass is 10.0. The molecule has 0 fully saturated rings. The Labute approximate surface area is 144 Å². The molecule has 2 N–H and O–H groups in total. The molecule has 0 bridgehead atoms. The number of H-pyrrole nitrogens is 1. The van der Waals surface area contributed by atoms with Gasteiger partial charge in [-0.2, -0.15) is 0 Å². The highest BCUT2D eigenvalue weighted by Crippen LogP contribution is 2.27. The van der Waals surface area contributed by atoms with Crippen molar-refractivity contribution in [2.24, 2.45) is 0 Å². The summed E-state index contributed by atoms with van der Waals surface area (Å²) in [5, 5.41) is 11.5. The maximum absolute atomic E-state index is 12.4. The number of aromatic amines is 1. The standard InChI is InChI=1S/C18H20N2O3S/c1-11(2)14-10-24-18-16(14)17(22)19-15(20-18)9-12-3-5-13(6-4-12)23-8-7-21/h3-6,10-11,21H,7-9H2,1-2H3,(H,19,20,22). The first kappa shape index (κ1) is 16.7. The van der Waals surface area contributed by atoms with Crippen LogP contribution in [0.15, 0.2) is 34.4 Å². The van der Waals surface area contributed by atoms with Gasteiger partial charge < -0.3 is 14.8 Å². The average molecular weight is 344 g/mol. The summed E-state index contributed by atoms with van der Waals surface area (Å²) < 4.78 is 5.34. The Morgan fingerprint density at radius 2 is 2.04 bits per heavy atom. The minimum atomic E-state index is -0.0668. The van der Waals surface area contributed by atoms with E-state index in [0.29, 0.717) is 29.3 Å². The Bertz CT molecular complexity index is 881. The normalized spacial score (nSPS) is 11.3. The molecule has 0 aliphatic rings. The predicted octanol–water partition coefficient (Wildman–Crippen LogP) is 3.07. The van der Waals surface area contributed by atoms with Crippen LogP contribution in [0.4, 0.5) is 0 Å². The Hall–Kier alpha value is -2.18. The van der Waals surface area contributed by atoms with Crippen LogP contribution in [-0.4, -0.2) is 28.3 Å². The second-order valence-electron chi connectivity index (χ2n) is 5.93. The maximum Gasteiger partial charge on any atom is 0.259 e. The second-order valence-corrected chi connectivity index (χ2v) is 6.79. The van der Waals surface area contributed by atoms with Gasteiger partial charge in [-0.25, -0.2) is 4.98 Å². The molecule has 0 atom stereocenters. The van der Waals surface area contributed by atoms with Gasteiger partial charge >= 0.3 is 0 Å². The third-order valence-corrected chi connectivity index (χ3v) is 4.69. The summed E-state index contributed by atoms with van der Waals surface area (Å²) in [6.07, 6.45) is 0.556. The molecule has 0 radical (unpaired) electrons. The van der Waals surface area contributed by atoms with Crippen LogP contribution >= 0.6 is 11.3 Å². The molecule has 3 rings (SSSR count). The van der Waals surface area contributed by atoms with Crippen molar-refractivity contribution >= 4 is 21.6 Å². The third-order valence-electron chi connectivity index (χ3n) is 3.80. The first-order valence-electron chi connectivity index (χ1n) is 7.91. The number of benzene rings is 1. The molecule has 0 spiro atoms. The maximum atomic E-state index is 12.4. The fourth-order valence-corrected chi connectivity index (χ4v) is 3.70. The van der Waals surface area contributed by atoms with Crippen LogP contribution in [0, 0.1) is 0 Å². The number of nitrogens with zero attached hydrogens (tertiary/aromatic N) is 1. The highest BCUT2D eigenvalue weighted by molar-refractivity contribution is 7.16. The van der Waals surface area contributed by atoms with Crippen LogP contribution in [0.5, 0.6) is 5.75 Å². The van der Waals surface area contributed by atoms with Crippen LogP contribution in [0.1, 0.15) is 36.7 Å². The van der Waals surface area contributed by atoms with Gasteiger partial charge in [0, 0.05) is 6.42 Å². The molecule has 0 amide bonds. The number of rotatable bonds is 6. The fraction of sp³-hybridized carbons (Fsp3) is 0.333. The summed E-state index contributed by atoms with van der Waals surface area (Å²) in [6.45, 7) is 4.43. The van der Waals surface area contributed by atoms with Crippen molar-refractivity contribution in [2.75, 3.05) is 13.2 Å². The van der Waals surface area contributed by atoms with Gasteiger partial charge in [-0.3, -0.25) is 4.79 Å². The quantitative estimate of drug-likeness (QED) is 0.721. The van der Waals surface area contributed by atoms with Crippen molar-refractivity contribution in [3.05, 3.63) is 57.0 Å². The molecule has 2 heterocycles. The number of nitrogens with one attached hydrogen (secondary N) is 1. The molecule has 5 nitrogen and oxygen atoms in total. The number of thiophene rings is 1. The van der Waals surface area contributed by atoms with Crippen molar-refractivity contribution in [1.82, 2.24) is 9.97 Å². The van der Waals surface area contributed by atoms with Crippen molar-refractivity contribution in [3.63, 3.8) is 0 Å². The SMILES string of the molecule is CC(C)c1csc2nc(Cc3ccc(OCCO)cc3)[nH]c(=O)c12. The summed E-state index contributed by atoms with van der Waals surface area (Å²) in [7, 11) is 0. The molecule has 0 aliphatic carbocycles. The number of aromatic nitrogens is 2. The second kappa shape index (κ2) is 7.15. The number of aliphatic hydroxyl groups is 1. The number of hydrogen-bond acceptors (Lipinski definition) is 5. The van der Waals surface area contributed by atoms with Crippen molar-refractivity contribution in [3.8, 4) is 5.75 Å². The van der Waals surface area contributed by atoms with E-state index in [1.807, 2.05) is 29.6 Å². The lowest BCUT2D eigenvalue weighted by Crippen LogP contribution is -2.12. The van der Waals surface area contributed by atoms with E-state index in [1.54, 1.807) is 0 Å². The van der Waals surface area contributed by atoms with Gasteiger partial charge in [-0.05, 0) is 34.6 Å². The number of fused-ring (bicyclic) bond motifs is 1. The van der Waals surface area contributed by atoms with Crippen molar-refractivity contribution in [1.29, 1.82) is 0 Å². The van der Waals surface area contributed by atoms with Crippen molar-refractivity contribution < 1.29 is 9.84 Å². The molecule has 126 valence electrons. The van der Waals surface area contributed by atoms with Gasteiger partial charge in [0.05, 0.1) is 12.0 Å². The first-order valence-corrected chi connectivity index (χ1v) is 8.79. The summed E-state index contributed by atoms with van der Waals surface area (Å²) in [4.78, 5) is 20.7. The molecule has 3 aromatic rings. The Kier molecular flexibility index (Phi) is 4.97. The fourth-order valence-electron chi connectivity index (χ4n) is 2.58. The monoisotopic (exact) mass is 344 g/mol. The molecule has 2 aromatic heterocycles. The van der Waals surface area contributed by atoms with E-state index < -0.39 is 0 Å². The number of ether oxygens (including phenoxy) is 1. The molecule has 0 saturated heterocycles. The van der Waals surface area contributed by atoms with Crippen LogP contribution in [0.3, 0.4) is 0 Å². The zero-order valence-electron chi connectivity index (χ0n) is 13.7. The Morgan fingerprint density at radius 1 is 1.29 bits per heavy atom. The van der Waals surface area contributed by atoms with E-state index in [4.69, 9.17) is 9.84 Å². The minimum absolute atomic E-state index is 0.00784. The van der Waals surface area contributed by atoms with Gasteiger partial charge in [-0.15, -0.1) is 11.3 Å². The minimum Gasteiger partial charge on any atom is -0.491 e. The summed E-state index contributed by atoms with van der Waals surface area (Å²) in [5.74, 6) is 1.68. The van der Waals surface area contributed by atoms with Gasteiger partial charge in [0.15, 0.2) is 0 Å². The summed E-state index contributed by atoms with van der Waals surface area (Å²) >= 11 is 1.52. The van der Waals surface area contributed by atoms with Crippen molar-refractivity contribution in [2.45, 2.75) is 26.2 Å². The van der Waals surface area contributed by atoms with Crippen LogP contribution in [0.25, 0.3) is 10.2 Å². The van der Waals surface area contributed by atoms with E-state index >= 15 is 0 Å². The molecule has 1 aromatic carbocycles. The summed E-state index contributed by atoms with van der Waals surface area (Å²) in [6, 6.07) is 7.57. The highest BCUT2D eigenvalue weighted by Gasteiger charge is 2.13. The third kappa shape index (κ3) is 3.49. The molecule has 0 aliphatic heterocycles. The van der Waals surface area contributed by atoms with E-state index in [-0.39, 0.29) is 18.8 Å². The average Bonchev–Trinajstić information content (AvgIpc) is 2.99. The van der Waals surface area contributed by atoms with Gasteiger partial charge in [-0.1, -0.05) is 26.0 Å². The summed E-state index contributed by atoms with van der Waals surface area (Å²) in [5.41, 5.74) is 2.03. The smallest absolute Gasteiger partial charge is 0.259 e. The molecule has 6 heteroatoms. The van der Waals surface area contributed by atoms with Crippen LogP contribution in [0.2, 0.25) is 0 Å². The molecular weight excluding hydrogens is 324 g/mol. The number of aliphatic hydroxyl groups excluding tert-OH is 1. The molecular formula is C18H20N2O3S.